The summed E-state index contributed by atoms with van der Waals surface area (Å²) in [5.41, 5.74) is 6.12. The van der Waals surface area contributed by atoms with Gasteiger partial charge in [-0.15, -0.1) is 0 Å². The monoisotopic (exact) mass is 289 g/mol. The molecule has 0 saturated carbocycles. The number of fused-ring (bicyclic) bond motifs is 1. The number of rotatable bonds is 5. The molecule has 1 aromatic carbocycles. The summed E-state index contributed by atoms with van der Waals surface area (Å²) in [5, 5.41) is 22.2. The van der Waals surface area contributed by atoms with Gasteiger partial charge >= 0.3 is 0 Å². The third kappa shape index (κ3) is 2.96. The molecule has 1 aromatic heterocycles. The van der Waals surface area contributed by atoms with Gasteiger partial charge in [-0.25, -0.2) is 4.98 Å². The number of nitrogens with zero attached hydrogens (tertiary/aromatic N) is 1. The zero-order valence-corrected chi connectivity index (χ0v) is 11.8. The van der Waals surface area contributed by atoms with Crippen LogP contribution in [0.5, 0.6) is 0 Å². The lowest BCUT2D eigenvalue weighted by Crippen LogP contribution is -2.54. The molecule has 6 heteroatoms. The molecule has 0 spiro atoms. The van der Waals surface area contributed by atoms with Crippen molar-refractivity contribution in [3.63, 3.8) is 0 Å². The van der Waals surface area contributed by atoms with Crippen molar-refractivity contribution in [1.29, 1.82) is 0 Å². The Morgan fingerprint density at radius 1 is 1.33 bits per heavy atom. The largest absolute Gasteiger partial charge is 0.398 e. The fraction of sp³-hybridized carbons (Fsp3) is 0.333. The predicted molar refractivity (Wildman–Crippen MR) is 80.8 cm³/mol. The Morgan fingerprint density at radius 3 is 2.62 bits per heavy atom. The molecule has 0 bridgehead atoms. The third-order valence-electron chi connectivity index (χ3n) is 3.64. The van der Waals surface area contributed by atoms with Gasteiger partial charge in [0.1, 0.15) is 5.69 Å². The van der Waals surface area contributed by atoms with E-state index in [2.05, 4.69) is 10.3 Å². The smallest absolute Gasteiger partial charge is 0.270 e. The molecule has 5 N–H and O–H groups in total. The molecule has 0 saturated heterocycles. The molecular weight excluding hydrogens is 270 g/mol. The number of anilines is 1. The molecule has 0 atom stereocenters. The van der Waals surface area contributed by atoms with Gasteiger partial charge in [0.15, 0.2) is 0 Å². The summed E-state index contributed by atoms with van der Waals surface area (Å²) in [5.74, 6) is -0.475. The molecule has 6 nitrogen and oxygen atoms in total. The minimum atomic E-state index is -1.06. The summed E-state index contributed by atoms with van der Waals surface area (Å²) in [6.45, 7) is 1.07. The second-order valence-corrected chi connectivity index (χ2v) is 5.02. The highest BCUT2D eigenvalue weighted by atomic mass is 16.3. The Labute approximate surface area is 122 Å². The molecule has 0 radical (unpaired) electrons. The number of nitrogens with two attached hydrogens (primary N) is 1. The maximum atomic E-state index is 12.3. The van der Waals surface area contributed by atoms with Crippen LogP contribution in [0.2, 0.25) is 0 Å². The van der Waals surface area contributed by atoms with Gasteiger partial charge < -0.3 is 21.3 Å². The Balaban J connectivity index is 2.35. The fourth-order valence-corrected chi connectivity index (χ4v) is 2.06. The Kier molecular flexibility index (Phi) is 4.40. The van der Waals surface area contributed by atoms with E-state index in [-0.39, 0.29) is 18.9 Å². The first-order valence-electron chi connectivity index (χ1n) is 6.74. The molecule has 0 aliphatic rings. The SMILES string of the molecule is CCC(CO)(CO)NC(=O)c1cc(N)c2ccccc2n1. The van der Waals surface area contributed by atoms with Crippen LogP contribution in [0.3, 0.4) is 0 Å². The van der Waals surface area contributed by atoms with Crippen LogP contribution >= 0.6 is 0 Å². The number of hydrogen-bond donors (Lipinski definition) is 4. The normalized spacial score (nSPS) is 11.6. The molecule has 21 heavy (non-hydrogen) atoms. The van der Waals surface area contributed by atoms with E-state index in [0.29, 0.717) is 17.6 Å². The number of aliphatic hydroxyl groups is 2. The number of pyridine rings is 1. The highest BCUT2D eigenvalue weighted by Crippen LogP contribution is 2.20. The maximum Gasteiger partial charge on any atom is 0.270 e. The molecule has 2 aromatic rings. The number of carbonyl (C=O) groups excluding carboxylic acids is 1. The van der Waals surface area contributed by atoms with Crippen molar-refractivity contribution in [2.75, 3.05) is 18.9 Å². The first kappa shape index (κ1) is 15.2. The summed E-state index contributed by atoms with van der Waals surface area (Å²) in [7, 11) is 0. The van der Waals surface area contributed by atoms with Gasteiger partial charge in [-0.1, -0.05) is 25.1 Å². The van der Waals surface area contributed by atoms with Gasteiger partial charge in [0, 0.05) is 11.1 Å². The minimum Gasteiger partial charge on any atom is -0.398 e. The average molecular weight is 289 g/mol. The number of aromatic nitrogens is 1. The standard InChI is InChI=1S/C15H19N3O3/c1-2-15(8-19,9-20)18-14(21)13-7-11(16)10-5-3-4-6-12(10)17-13/h3-7,19-20H,2,8-9H2,1H3,(H2,16,17)(H,18,21). The molecule has 112 valence electrons. The number of amides is 1. The van der Waals surface area contributed by atoms with Crippen molar-refractivity contribution in [3.05, 3.63) is 36.0 Å². The van der Waals surface area contributed by atoms with Gasteiger partial charge in [-0.3, -0.25) is 4.79 Å². The predicted octanol–water partition coefficient (Wildman–Crippen LogP) is 0.680. The summed E-state index contributed by atoms with van der Waals surface area (Å²) >= 11 is 0. The van der Waals surface area contributed by atoms with Crippen molar-refractivity contribution >= 4 is 22.5 Å². The molecule has 0 fully saturated rings. The number of nitrogen functional groups attached to an aromatic ring is 1. The van der Waals surface area contributed by atoms with Gasteiger partial charge in [0.2, 0.25) is 0 Å². The lowest BCUT2D eigenvalue weighted by Gasteiger charge is -2.29. The minimum absolute atomic E-state index is 0.158. The molecule has 0 aliphatic carbocycles. The summed E-state index contributed by atoms with van der Waals surface area (Å²) in [6.07, 6.45) is 0.398. The van der Waals surface area contributed by atoms with Crippen LogP contribution in [0, 0.1) is 0 Å². The van der Waals surface area contributed by atoms with Gasteiger partial charge in [0.05, 0.1) is 24.3 Å². The van der Waals surface area contributed by atoms with E-state index in [4.69, 9.17) is 5.73 Å². The third-order valence-corrected chi connectivity index (χ3v) is 3.64. The Morgan fingerprint density at radius 2 is 2.00 bits per heavy atom. The van der Waals surface area contributed by atoms with E-state index in [9.17, 15) is 15.0 Å². The number of aliphatic hydroxyl groups excluding tert-OH is 2. The fourth-order valence-electron chi connectivity index (χ4n) is 2.06. The maximum absolute atomic E-state index is 12.3. The average Bonchev–Trinajstić information content (AvgIpc) is 2.52. The second kappa shape index (κ2) is 6.07. The number of para-hydroxylation sites is 1. The number of hydrogen-bond acceptors (Lipinski definition) is 5. The van der Waals surface area contributed by atoms with Crippen LogP contribution in [0.15, 0.2) is 30.3 Å². The second-order valence-electron chi connectivity index (χ2n) is 5.02. The number of nitrogens with one attached hydrogen (secondary N) is 1. The molecule has 0 aliphatic heterocycles. The highest BCUT2D eigenvalue weighted by Gasteiger charge is 2.29. The zero-order chi connectivity index (χ0) is 15.5. The van der Waals surface area contributed by atoms with E-state index < -0.39 is 11.4 Å². The summed E-state index contributed by atoms with van der Waals surface area (Å²) in [4.78, 5) is 16.5. The number of benzene rings is 1. The van der Waals surface area contributed by atoms with Crippen LogP contribution in [-0.4, -0.2) is 39.9 Å². The van der Waals surface area contributed by atoms with Crippen LogP contribution < -0.4 is 11.1 Å². The summed E-state index contributed by atoms with van der Waals surface area (Å²) in [6, 6.07) is 8.76. The van der Waals surface area contributed by atoms with Crippen molar-refractivity contribution in [3.8, 4) is 0 Å². The zero-order valence-electron chi connectivity index (χ0n) is 11.8. The van der Waals surface area contributed by atoms with Gasteiger partial charge in [-0.2, -0.15) is 0 Å². The molecule has 2 rings (SSSR count). The Bertz CT molecular complexity index is 645. The van der Waals surface area contributed by atoms with E-state index in [1.807, 2.05) is 18.2 Å². The van der Waals surface area contributed by atoms with E-state index in [0.717, 1.165) is 5.39 Å². The van der Waals surface area contributed by atoms with E-state index in [1.165, 1.54) is 6.07 Å². The van der Waals surface area contributed by atoms with Crippen molar-refractivity contribution in [2.45, 2.75) is 18.9 Å². The van der Waals surface area contributed by atoms with Crippen molar-refractivity contribution in [2.24, 2.45) is 0 Å². The Hall–Kier alpha value is -2.18. The lowest BCUT2D eigenvalue weighted by atomic mass is 9.98. The van der Waals surface area contributed by atoms with Gasteiger partial charge in [-0.05, 0) is 18.6 Å². The molecule has 1 amide bonds. The van der Waals surface area contributed by atoms with E-state index >= 15 is 0 Å². The van der Waals surface area contributed by atoms with E-state index in [1.54, 1.807) is 13.0 Å². The van der Waals surface area contributed by atoms with Crippen LogP contribution in [0.25, 0.3) is 10.9 Å². The van der Waals surface area contributed by atoms with Crippen LogP contribution in [-0.2, 0) is 0 Å². The highest BCUT2D eigenvalue weighted by molar-refractivity contribution is 5.99. The lowest BCUT2D eigenvalue weighted by molar-refractivity contribution is 0.0649. The van der Waals surface area contributed by atoms with Crippen molar-refractivity contribution in [1.82, 2.24) is 10.3 Å². The first-order valence-corrected chi connectivity index (χ1v) is 6.74. The topological polar surface area (TPSA) is 108 Å². The van der Waals surface area contributed by atoms with Crippen molar-refractivity contribution < 1.29 is 15.0 Å². The van der Waals surface area contributed by atoms with Crippen LogP contribution in [0.4, 0.5) is 5.69 Å². The van der Waals surface area contributed by atoms with Gasteiger partial charge in [0.25, 0.3) is 5.91 Å². The first-order chi connectivity index (χ1) is 10.0. The summed E-state index contributed by atoms with van der Waals surface area (Å²) < 4.78 is 0. The molecule has 1 heterocycles. The quantitative estimate of drug-likeness (QED) is 0.647. The number of carbonyl (C=O) groups is 1. The molecular formula is C15H19N3O3. The molecule has 0 unspecified atom stereocenters. The van der Waals surface area contributed by atoms with Crippen LogP contribution in [0.1, 0.15) is 23.8 Å².